The Hall–Kier alpha value is -2.78. The number of hydrogen-bond donors (Lipinski definition) is 1. The average Bonchev–Trinajstić information content (AvgIpc) is 2.84. The number of carbonyl (C=O) groups is 2. The van der Waals surface area contributed by atoms with Crippen LogP contribution in [-0.2, 0) is 24.3 Å². The van der Waals surface area contributed by atoms with Crippen molar-refractivity contribution < 1.29 is 27.1 Å². The minimum atomic E-state index is -3.98. The molecule has 0 bridgehead atoms. The number of carbonyl (C=O) groups excluding carboxylic acids is 2. The van der Waals surface area contributed by atoms with Gasteiger partial charge in [0.25, 0.3) is 5.91 Å². The van der Waals surface area contributed by atoms with E-state index in [2.05, 4.69) is 19.2 Å². The monoisotopic (exact) mass is 490 g/mol. The molecule has 34 heavy (non-hydrogen) atoms. The molecule has 0 radical (unpaired) electrons. The number of amides is 1. The molecule has 2 aromatic rings. The van der Waals surface area contributed by atoms with Crippen molar-refractivity contribution in [2.45, 2.75) is 57.0 Å². The summed E-state index contributed by atoms with van der Waals surface area (Å²) in [6, 6.07) is 12.8. The predicted octanol–water partition coefficient (Wildman–Crippen LogP) is 4.31. The largest absolute Gasteiger partial charge is 0.452 e. The van der Waals surface area contributed by atoms with Gasteiger partial charge in [0.2, 0.25) is 10.0 Å². The molecule has 1 saturated heterocycles. The molecule has 0 aliphatic carbocycles. The van der Waals surface area contributed by atoms with Gasteiger partial charge in [0.15, 0.2) is 6.10 Å². The fraction of sp³-hybridized carbons (Fsp3) is 0.440. The molecule has 7 nitrogen and oxygen atoms in total. The molecule has 1 amide bonds. The number of esters is 1. The topological polar surface area (TPSA) is 92.8 Å². The molecule has 2 unspecified atom stereocenters. The van der Waals surface area contributed by atoms with E-state index in [1.54, 1.807) is 0 Å². The van der Waals surface area contributed by atoms with Crippen LogP contribution < -0.4 is 5.32 Å². The molecule has 0 aromatic heterocycles. The molecule has 2 aromatic carbocycles. The third-order valence-corrected chi connectivity index (χ3v) is 8.20. The summed E-state index contributed by atoms with van der Waals surface area (Å²) in [6.07, 6.45) is 0.385. The summed E-state index contributed by atoms with van der Waals surface area (Å²) in [5.41, 5.74) is 1.71. The Morgan fingerprint density at radius 2 is 1.71 bits per heavy atom. The van der Waals surface area contributed by atoms with E-state index in [-0.39, 0.29) is 36.7 Å². The van der Waals surface area contributed by atoms with E-state index < -0.39 is 39.7 Å². The van der Waals surface area contributed by atoms with Crippen LogP contribution in [-0.4, -0.2) is 43.8 Å². The Balaban J connectivity index is 1.56. The zero-order valence-corrected chi connectivity index (χ0v) is 20.5. The van der Waals surface area contributed by atoms with Crippen LogP contribution in [0.2, 0.25) is 0 Å². The third-order valence-electron chi connectivity index (χ3n) is 6.27. The van der Waals surface area contributed by atoms with Gasteiger partial charge in [0.05, 0.1) is 5.92 Å². The first-order chi connectivity index (χ1) is 16.1. The van der Waals surface area contributed by atoms with E-state index in [4.69, 9.17) is 4.74 Å². The first kappa shape index (κ1) is 25.8. The van der Waals surface area contributed by atoms with Crippen LogP contribution in [0.3, 0.4) is 0 Å². The van der Waals surface area contributed by atoms with Gasteiger partial charge in [-0.25, -0.2) is 12.8 Å². The lowest BCUT2D eigenvalue weighted by molar-refractivity contribution is -0.158. The Morgan fingerprint density at radius 1 is 1.09 bits per heavy atom. The number of nitrogens with one attached hydrogen (secondary N) is 1. The minimum Gasteiger partial charge on any atom is -0.452 e. The van der Waals surface area contributed by atoms with E-state index in [1.807, 2.05) is 24.3 Å². The standard InChI is InChI=1S/C25H31FN2O5S/c1-4-17(2)20-9-5-7-11-22(20)27-24(29)18(3)33-25(30)19-13-15-28(16-14-19)34(31,32)23-12-8-6-10-21(23)26/h5-12,17-19H,4,13-16H2,1-3H3,(H,27,29). The molecule has 9 heteroatoms. The molecule has 0 spiro atoms. The van der Waals surface area contributed by atoms with Crippen molar-refractivity contribution in [3.63, 3.8) is 0 Å². The molecule has 1 N–H and O–H groups in total. The van der Waals surface area contributed by atoms with Gasteiger partial charge < -0.3 is 10.1 Å². The summed E-state index contributed by atoms with van der Waals surface area (Å²) in [5, 5.41) is 2.85. The Kier molecular flexibility index (Phi) is 8.43. The average molecular weight is 491 g/mol. The van der Waals surface area contributed by atoms with Crippen molar-refractivity contribution in [1.82, 2.24) is 4.31 Å². The lowest BCUT2D eigenvalue weighted by Gasteiger charge is -2.30. The van der Waals surface area contributed by atoms with Gasteiger partial charge in [0, 0.05) is 18.8 Å². The van der Waals surface area contributed by atoms with E-state index >= 15 is 0 Å². The van der Waals surface area contributed by atoms with Gasteiger partial charge in [0.1, 0.15) is 10.7 Å². The summed E-state index contributed by atoms with van der Waals surface area (Å²) in [6.45, 7) is 5.79. The van der Waals surface area contributed by atoms with Crippen LogP contribution in [0.1, 0.15) is 51.5 Å². The van der Waals surface area contributed by atoms with Crippen molar-refractivity contribution in [3.8, 4) is 0 Å². The van der Waals surface area contributed by atoms with Crippen molar-refractivity contribution in [2.24, 2.45) is 5.92 Å². The summed E-state index contributed by atoms with van der Waals surface area (Å²) >= 11 is 0. The number of benzene rings is 2. The smallest absolute Gasteiger partial charge is 0.309 e. The normalized spacial score (nSPS) is 17.1. The van der Waals surface area contributed by atoms with Crippen LogP contribution in [0.5, 0.6) is 0 Å². The van der Waals surface area contributed by atoms with Gasteiger partial charge in [-0.3, -0.25) is 9.59 Å². The fourth-order valence-corrected chi connectivity index (χ4v) is 5.48. The maximum absolute atomic E-state index is 14.0. The van der Waals surface area contributed by atoms with Crippen molar-refractivity contribution >= 4 is 27.6 Å². The molecule has 1 aliphatic heterocycles. The minimum absolute atomic E-state index is 0.0687. The second-order valence-electron chi connectivity index (χ2n) is 8.57. The fourth-order valence-electron chi connectivity index (χ4n) is 3.94. The Labute approximate surface area is 200 Å². The van der Waals surface area contributed by atoms with Gasteiger partial charge in [-0.05, 0) is 55.9 Å². The summed E-state index contributed by atoms with van der Waals surface area (Å²) in [5.74, 6) is -2.04. The SMILES string of the molecule is CCC(C)c1ccccc1NC(=O)C(C)OC(=O)C1CCN(S(=O)(=O)c2ccccc2F)CC1. The van der Waals surface area contributed by atoms with Gasteiger partial charge in [-0.2, -0.15) is 4.31 Å². The number of halogens is 1. The number of piperidine rings is 1. The molecule has 0 saturated carbocycles. The molecule has 1 heterocycles. The highest BCUT2D eigenvalue weighted by atomic mass is 32.2. The van der Waals surface area contributed by atoms with Crippen LogP contribution in [0.25, 0.3) is 0 Å². The van der Waals surface area contributed by atoms with E-state index in [0.717, 1.165) is 18.1 Å². The van der Waals surface area contributed by atoms with Gasteiger partial charge in [-0.1, -0.05) is 44.2 Å². The number of sulfonamides is 1. The molecule has 1 fully saturated rings. The first-order valence-electron chi connectivity index (χ1n) is 11.5. The van der Waals surface area contributed by atoms with E-state index in [1.165, 1.54) is 29.4 Å². The number of hydrogen-bond acceptors (Lipinski definition) is 5. The Bertz CT molecular complexity index is 1130. The van der Waals surface area contributed by atoms with E-state index in [0.29, 0.717) is 5.69 Å². The van der Waals surface area contributed by atoms with Crippen LogP contribution in [0.4, 0.5) is 10.1 Å². The predicted molar refractivity (Wildman–Crippen MR) is 127 cm³/mol. The maximum atomic E-state index is 14.0. The number of nitrogens with zero attached hydrogens (tertiary/aromatic N) is 1. The molecule has 184 valence electrons. The zero-order valence-electron chi connectivity index (χ0n) is 19.7. The lowest BCUT2D eigenvalue weighted by Crippen LogP contribution is -2.42. The zero-order chi connectivity index (χ0) is 24.9. The summed E-state index contributed by atoms with van der Waals surface area (Å²) < 4.78 is 46.0. The van der Waals surface area contributed by atoms with Crippen LogP contribution in [0, 0.1) is 11.7 Å². The Morgan fingerprint density at radius 3 is 2.35 bits per heavy atom. The maximum Gasteiger partial charge on any atom is 0.309 e. The highest BCUT2D eigenvalue weighted by molar-refractivity contribution is 7.89. The summed E-state index contributed by atoms with van der Waals surface area (Å²) in [4.78, 5) is 24.9. The number of ether oxygens (including phenoxy) is 1. The summed E-state index contributed by atoms with van der Waals surface area (Å²) in [7, 11) is -3.98. The molecular weight excluding hydrogens is 459 g/mol. The molecule has 3 rings (SSSR count). The number of anilines is 1. The van der Waals surface area contributed by atoms with Crippen LogP contribution >= 0.6 is 0 Å². The van der Waals surface area contributed by atoms with Crippen molar-refractivity contribution in [2.75, 3.05) is 18.4 Å². The van der Waals surface area contributed by atoms with Crippen LogP contribution in [0.15, 0.2) is 53.4 Å². The highest BCUT2D eigenvalue weighted by Crippen LogP contribution is 2.28. The van der Waals surface area contributed by atoms with Gasteiger partial charge in [-0.15, -0.1) is 0 Å². The molecule has 2 atom stereocenters. The van der Waals surface area contributed by atoms with Crippen molar-refractivity contribution in [3.05, 3.63) is 59.9 Å². The second kappa shape index (κ2) is 11.1. The van der Waals surface area contributed by atoms with Crippen molar-refractivity contribution in [1.29, 1.82) is 0 Å². The quantitative estimate of drug-likeness (QED) is 0.557. The highest BCUT2D eigenvalue weighted by Gasteiger charge is 2.35. The number of rotatable bonds is 8. The molecule has 1 aliphatic rings. The van der Waals surface area contributed by atoms with Gasteiger partial charge >= 0.3 is 5.97 Å². The third kappa shape index (κ3) is 5.82. The molecular formula is C25H31FN2O5S. The lowest BCUT2D eigenvalue weighted by atomic mass is 9.97. The van der Waals surface area contributed by atoms with E-state index in [9.17, 15) is 22.4 Å². The number of para-hydroxylation sites is 1. The second-order valence-corrected chi connectivity index (χ2v) is 10.5. The first-order valence-corrected chi connectivity index (χ1v) is 12.9.